The summed E-state index contributed by atoms with van der Waals surface area (Å²) in [7, 11) is 0. The Balaban J connectivity index is 2.02. The lowest BCUT2D eigenvalue weighted by molar-refractivity contribution is -0.384. The third-order valence-corrected chi connectivity index (χ3v) is 3.20. The van der Waals surface area contributed by atoms with Gasteiger partial charge in [0.2, 0.25) is 5.91 Å². The van der Waals surface area contributed by atoms with Crippen molar-refractivity contribution < 1.29 is 14.5 Å². The molecular formula is C12H14ClN3O4. The third kappa shape index (κ3) is 3.82. The van der Waals surface area contributed by atoms with E-state index in [1.807, 2.05) is 0 Å². The Kier molecular flexibility index (Phi) is 4.41. The summed E-state index contributed by atoms with van der Waals surface area (Å²) in [5.74, 6) is -0.372. The Labute approximate surface area is 120 Å². The second-order valence-electron chi connectivity index (χ2n) is 4.58. The molecule has 8 heteroatoms. The zero-order chi connectivity index (χ0) is 14.7. The van der Waals surface area contributed by atoms with E-state index in [9.17, 15) is 14.9 Å². The zero-order valence-corrected chi connectivity index (χ0v) is 11.3. The van der Waals surface area contributed by atoms with E-state index in [2.05, 4.69) is 5.32 Å². The Morgan fingerprint density at radius 1 is 1.60 bits per heavy atom. The minimum atomic E-state index is -0.641. The molecule has 1 aliphatic carbocycles. The zero-order valence-electron chi connectivity index (χ0n) is 10.5. The van der Waals surface area contributed by atoms with Gasteiger partial charge in [-0.15, -0.1) is 0 Å². The maximum atomic E-state index is 11.3. The molecule has 7 nitrogen and oxygen atoms in total. The van der Waals surface area contributed by atoms with Gasteiger partial charge < -0.3 is 15.8 Å². The van der Waals surface area contributed by atoms with E-state index in [-0.39, 0.29) is 29.1 Å². The van der Waals surface area contributed by atoms with Gasteiger partial charge in [0.25, 0.3) is 5.69 Å². The fourth-order valence-corrected chi connectivity index (χ4v) is 1.81. The number of nitrogens with two attached hydrogens (primary N) is 1. The first-order valence-corrected chi connectivity index (χ1v) is 6.47. The second kappa shape index (κ2) is 6.06. The molecule has 1 fully saturated rings. The van der Waals surface area contributed by atoms with Crippen LogP contribution in [0.2, 0.25) is 5.02 Å². The fourth-order valence-electron chi connectivity index (χ4n) is 1.64. The van der Waals surface area contributed by atoms with Gasteiger partial charge in [-0.2, -0.15) is 0 Å². The number of nitrogens with one attached hydrogen (secondary N) is 1. The predicted molar refractivity (Wildman–Crippen MR) is 72.7 cm³/mol. The van der Waals surface area contributed by atoms with Crippen molar-refractivity contribution in [2.24, 2.45) is 5.73 Å². The average Bonchev–Trinajstić information content (AvgIpc) is 3.19. The quantitative estimate of drug-likeness (QED) is 0.581. The number of nitrogens with zero attached hydrogens (tertiary/aromatic N) is 1. The molecular weight excluding hydrogens is 286 g/mol. The summed E-state index contributed by atoms with van der Waals surface area (Å²) in [6, 6.07) is 3.53. The number of hydrogen-bond donors (Lipinski definition) is 2. The Hall–Kier alpha value is -1.86. The molecule has 20 heavy (non-hydrogen) atoms. The first-order chi connectivity index (χ1) is 9.47. The van der Waals surface area contributed by atoms with Gasteiger partial charge in [0, 0.05) is 12.1 Å². The number of nitro groups is 1. The van der Waals surface area contributed by atoms with Crippen LogP contribution in [0, 0.1) is 10.1 Å². The Morgan fingerprint density at radius 2 is 2.30 bits per heavy atom. The number of amides is 1. The van der Waals surface area contributed by atoms with Gasteiger partial charge in [-0.25, -0.2) is 0 Å². The van der Waals surface area contributed by atoms with Crippen molar-refractivity contribution in [1.82, 2.24) is 5.32 Å². The number of non-ortho nitro benzene ring substituents is 1. The molecule has 0 heterocycles. The van der Waals surface area contributed by atoms with Crippen LogP contribution in [0.15, 0.2) is 18.2 Å². The minimum Gasteiger partial charge on any atom is -0.490 e. The van der Waals surface area contributed by atoms with Crippen molar-refractivity contribution in [2.75, 3.05) is 6.61 Å². The molecule has 0 aromatic heterocycles. The van der Waals surface area contributed by atoms with E-state index in [0.29, 0.717) is 0 Å². The average molecular weight is 300 g/mol. The Morgan fingerprint density at radius 3 is 2.85 bits per heavy atom. The number of ether oxygens (including phenoxy) is 1. The lowest BCUT2D eigenvalue weighted by Gasteiger charge is -2.16. The number of primary amides is 1. The molecule has 1 unspecified atom stereocenters. The normalized spacial score (nSPS) is 15.7. The van der Waals surface area contributed by atoms with Crippen LogP contribution in [0.5, 0.6) is 5.75 Å². The predicted octanol–water partition coefficient (Wildman–Crippen LogP) is 1.23. The maximum Gasteiger partial charge on any atom is 0.273 e. The highest BCUT2D eigenvalue weighted by Gasteiger charge is 2.27. The van der Waals surface area contributed by atoms with Crippen molar-refractivity contribution in [1.29, 1.82) is 0 Å². The van der Waals surface area contributed by atoms with E-state index >= 15 is 0 Å². The van der Waals surface area contributed by atoms with E-state index in [4.69, 9.17) is 22.1 Å². The van der Waals surface area contributed by atoms with E-state index in [0.717, 1.165) is 12.8 Å². The highest BCUT2D eigenvalue weighted by molar-refractivity contribution is 6.32. The second-order valence-corrected chi connectivity index (χ2v) is 4.99. The van der Waals surface area contributed by atoms with Gasteiger partial charge in [0.1, 0.15) is 18.4 Å². The molecule has 0 aliphatic heterocycles. The standard InChI is InChI=1S/C12H14ClN3O4/c13-9-4-3-8(16(18)19)5-11(9)20-6-10(12(14)17)15-7-1-2-7/h3-5,7,10,15H,1-2,6H2,(H2,14,17). The lowest BCUT2D eigenvalue weighted by Crippen LogP contribution is -2.46. The summed E-state index contributed by atoms with van der Waals surface area (Å²) in [6.45, 7) is -0.0211. The van der Waals surface area contributed by atoms with Crippen LogP contribution in [-0.4, -0.2) is 29.5 Å². The molecule has 0 saturated heterocycles. The Bertz CT molecular complexity index is 533. The first-order valence-electron chi connectivity index (χ1n) is 6.09. The number of benzene rings is 1. The number of rotatable bonds is 7. The van der Waals surface area contributed by atoms with Gasteiger partial charge in [0.15, 0.2) is 0 Å². The summed E-state index contributed by atoms with van der Waals surface area (Å²) < 4.78 is 5.38. The van der Waals surface area contributed by atoms with Crippen molar-refractivity contribution in [3.8, 4) is 5.75 Å². The smallest absolute Gasteiger partial charge is 0.273 e. The largest absolute Gasteiger partial charge is 0.490 e. The van der Waals surface area contributed by atoms with E-state index in [1.165, 1.54) is 18.2 Å². The van der Waals surface area contributed by atoms with Gasteiger partial charge in [-0.3, -0.25) is 14.9 Å². The van der Waals surface area contributed by atoms with Crippen LogP contribution < -0.4 is 15.8 Å². The molecule has 0 radical (unpaired) electrons. The fraction of sp³-hybridized carbons (Fsp3) is 0.417. The molecule has 1 aliphatic rings. The molecule has 1 atom stereocenters. The van der Waals surface area contributed by atoms with E-state index in [1.54, 1.807) is 0 Å². The third-order valence-electron chi connectivity index (χ3n) is 2.89. The van der Waals surface area contributed by atoms with Gasteiger partial charge >= 0.3 is 0 Å². The molecule has 1 saturated carbocycles. The maximum absolute atomic E-state index is 11.3. The highest BCUT2D eigenvalue weighted by Crippen LogP contribution is 2.29. The molecule has 0 bridgehead atoms. The van der Waals surface area contributed by atoms with Crippen molar-refractivity contribution in [3.63, 3.8) is 0 Å². The van der Waals surface area contributed by atoms with Gasteiger partial charge in [-0.05, 0) is 18.9 Å². The highest BCUT2D eigenvalue weighted by atomic mass is 35.5. The summed E-state index contributed by atoms with van der Waals surface area (Å²) in [6.07, 6.45) is 2.00. The molecule has 1 aromatic rings. The van der Waals surface area contributed by atoms with Crippen LogP contribution in [-0.2, 0) is 4.79 Å². The molecule has 108 valence electrons. The van der Waals surface area contributed by atoms with E-state index < -0.39 is 16.9 Å². The van der Waals surface area contributed by atoms with Crippen molar-refractivity contribution in [3.05, 3.63) is 33.3 Å². The monoisotopic (exact) mass is 299 g/mol. The lowest BCUT2D eigenvalue weighted by atomic mass is 10.2. The molecule has 1 aromatic carbocycles. The topological polar surface area (TPSA) is 107 Å². The number of carbonyl (C=O) groups excluding carboxylic acids is 1. The molecule has 3 N–H and O–H groups in total. The number of nitro benzene ring substituents is 1. The molecule has 0 spiro atoms. The number of hydrogen-bond acceptors (Lipinski definition) is 5. The summed E-state index contributed by atoms with van der Waals surface area (Å²) in [4.78, 5) is 21.4. The van der Waals surface area contributed by atoms with Crippen LogP contribution in [0.25, 0.3) is 0 Å². The first kappa shape index (κ1) is 14.5. The minimum absolute atomic E-state index is 0.0211. The summed E-state index contributed by atoms with van der Waals surface area (Å²) in [5, 5.41) is 14.0. The summed E-state index contributed by atoms with van der Waals surface area (Å²) in [5.41, 5.74) is 5.14. The SMILES string of the molecule is NC(=O)C(COc1cc([N+](=O)[O-])ccc1Cl)NC1CC1. The van der Waals surface area contributed by atoms with Crippen LogP contribution in [0.3, 0.4) is 0 Å². The number of carbonyl (C=O) groups is 1. The van der Waals surface area contributed by atoms with Crippen molar-refractivity contribution >= 4 is 23.2 Å². The van der Waals surface area contributed by atoms with Gasteiger partial charge in [0.05, 0.1) is 16.0 Å². The number of halogens is 1. The molecule has 1 amide bonds. The van der Waals surface area contributed by atoms with Gasteiger partial charge in [-0.1, -0.05) is 11.6 Å². The van der Waals surface area contributed by atoms with Crippen LogP contribution in [0.1, 0.15) is 12.8 Å². The van der Waals surface area contributed by atoms with Crippen molar-refractivity contribution in [2.45, 2.75) is 24.9 Å². The van der Waals surface area contributed by atoms with Crippen LogP contribution in [0.4, 0.5) is 5.69 Å². The van der Waals surface area contributed by atoms with Crippen LogP contribution >= 0.6 is 11.6 Å². The molecule has 2 rings (SSSR count). The summed E-state index contributed by atoms with van der Waals surface area (Å²) >= 11 is 5.90.